The Morgan fingerprint density at radius 1 is 1.06 bits per heavy atom. The van der Waals surface area contributed by atoms with Gasteiger partial charge in [0.15, 0.2) is 6.29 Å². The number of ether oxygens (including phenoxy) is 3. The molecule has 9 unspecified atom stereocenters. The van der Waals surface area contributed by atoms with Crippen LogP contribution in [0.4, 0.5) is 5.69 Å². The first-order valence-electron chi connectivity index (χ1n) is 9.56. The third-order valence-electron chi connectivity index (χ3n) is 5.12. The second kappa shape index (κ2) is 10.5. The molecule has 12 nitrogen and oxygen atoms in total. The van der Waals surface area contributed by atoms with Gasteiger partial charge in [-0.2, -0.15) is 0 Å². The van der Waals surface area contributed by atoms with Crippen LogP contribution in [0.3, 0.4) is 0 Å². The summed E-state index contributed by atoms with van der Waals surface area (Å²) in [5, 5.41) is 70.4. The molecule has 2 saturated heterocycles. The number of hydrogen-bond acceptors (Lipinski definition) is 12. The zero-order valence-electron chi connectivity index (χ0n) is 16.2. The lowest BCUT2D eigenvalue weighted by Gasteiger charge is -2.44. The molecular formula is C18H25NO11S. The van der Waals surface area contributed by atoms with Crippen LogP contribution < -0.4 is 0 Å². The van der Waals surface area contributed by atoms with Crippen molar-refractivity contribution in [2.24, 2.45) is 0 Å². The maximum atomic E-state index is 10.9. The Kier molecular flexibility index (Phi) is 8.20. The van der Waals surface area contributed by atoms with Crippen molar-refractivity contribution in [2.75, 3.05) is 13.2 Å². The average molecular weight is 463 g/mol. The predicted octanol–water partition coefficient (Wildman–Crippen LogP) is -1.66. The smallest absolute Gasteiger partial charge is 0.270 e. The number of hydrogen-bond donors (Lipinski definition) is 6. The van der Waals surface area contributed by atoms with E-state index >= 15 is 0 Å². The van der Waals surface area contributed by atoms with E-state index in [0.717, 1.165) is 11.8 Å². The molecule has 2 fully saturated rings. The summed E-state index contributed by atoms with van der Waals surface area (Å²) in [6.45, 7) is -1.19. The Morgan fingerprint density at radius 3 is 2.42 bits per heavy atom. The van der Waals surface area contributed by atoms with Crippen molar-refractivity contribution in [3.05, 3.63) is 34.4 Å². The molecule has 174 valence electrons. The molecule has 0 aromatic heterocycles. The third kappa shape index (κ3) is 5.51. The standard InChI is InChI=1S/C18H25NO11S/c20-6-11-14(23)15(24)16(25)18(29-11)30-17-10(22)5-13(28-12(17)7-21)31-9-3-1-2-8(4-9)19(26)27/h1-4,10-18,20-25H,5-7H2. The molecule has 3 rings (SSSR count). The highest BCUT2D eigenvalue weighted by Gasteiger charge is 2.48. The van der Waals surface area contributed by atoms with Gasteiger partial charge in [0.2, 0.25) is 0 Å². The monoisotopic (exact) mass is 463 g/mol. The Hall–Kier alpha value is -1.39. The molecule has 6 N–H and O–H groups in total. The number of benzene rings is 1. The molecule has 9 atom stereocenters. The van der Waals surface area contributed by atoms with Crippen LogP contribution in [0.5, 0.6) is 0 Å². The number of non-ortho nitro benzene ring substituents is 1. The highest BCUT2D eigenvalue weighted by molar-refractivity contribution is 7.99. The van der Waals surface area contributed by atoms with Gasteiger partial charge in [0.05, 0.1) is 24.2 Å². The summed E-state index contributed by atoms with van der Waals surface area (Å²) >= 11 is 1.13. The minimum atomic E-state index is -1.67. The largest absolute Gasteiger partial charge is 0.394 e. The van der Waals surface area contributed by atoms with E-state index in [1.165, 1.54) is 18.2 Å². The highest BCUT2D eigenvalue weighted by atomic mass is 32.2. The molecule has 1 aromatic carbocycles. The van der Waals surface area contributed by atoms with E-state index in [1.807, 2.05) is 0 Å². The Balaban J connectivity index is 1.66. The van der Waals surface area contributed by atoms with Gasteiger partial charge in [-0.05, 0) is 6.07 Å². The highest BCUT2D eigenvalue weighted by Crippen LogP contribution is 2.36. The van der Waals surface area contributed by atoms with E-state index in [9.17, 15) is 40.8 Å². The fraction of sp³-hybridized carbons (Fsp3) is 0.667. The maximum Gasteiger partial charge on any atom is 0.270 e. The van der Waals surface area contributed by atoms with Gasteiger partial charge >= 0.3 is 0 Å². The Morgan fingerprint density at radius 2 is 1.77 bits per heavy atom. The van der Waals surface area contributed by atoms with Gasteiger partial charge in [-0.1, -0.05) is 17.8 Å². The molecule has 0 bridgehead atoms. The van der Waals surface area contributed by atoms with Crippen molar-refractivity contribution in [3.63, 3.8) is 0 Å². The van der Waals surface area contributed by atoms with Crippen molar-refractivity contribution in [1.29, 1.82) is 0 Å². The SMILES string of the molecule is O=[N+]([O-])c1cccc(SC2CC(O)C(OC3OC(CO)C(O)C(O)C3O)C(CO)O2)c1. The number of rotatable bonds is 7. The number of aliphatic hydroxyl groups is 6. The average Bonchev–Trinajstić information content (AvgIpc) is 2.75. The summed E-state index contributed by atoms with van der Waals surface area (Å²) in [6, 6.07) is 5.89. The van der Waals surface area contributed by atoms with Crippen molar-refractivity contribution < 1.29 is 49.8 Å². The molecule has 0 aliphatic carbocycles. The lowest BCUT2D eigenvalue weighted by atomic mass is 9.98. The lowest BCUT2D eigenvalue weighted by molar-refractivity contribution is -0.385. The van der Waals surface area contributed by atoms with Crippen LogP contribution in [0.25, 0.3) is 0 Å². The van der Waals surface area contributed by atoms with Gasteiger partial charge in [0.1, 0.15) is 42.1 Å². The fourth-order valence-electron chi connectivity index (χ4n) is 3.47. The lowest BCUT2D eigenvalue weighted by Crippen LogP contribution is -2.62. The minimum Gasteiger partial charge on any atom is -0.394 e. The van der Waals surface area contributed by atoms with Gasteiger partial charge in [-0.25, -0.2) is 0 Å². The van der Waals surface area contributed by atoms with E-state index in [1.54, 1.807) is 6.07 Å². The topological polar surface area (TPSA) is 192 Å². The molecule has 0 radical (unpaired) electrons. The van der Waals surface area contributed by atoms with Crippen molar-refractivity contribution >= 4 is 17.4 Å². The number of aliphatic hydroxyl groups excluding tert-OH is 6. The van der Waals surface area contributed by atoms with E-state index in [0.29, 0.717) is 4.90 Å². The quantitative estimate of drug-likeness (QED) is 0.199. The van der Waals surface area contributed by atoms with E-state index in [2.05, 4.69) is 0 Å². The van der Waals surface area contributed by atoms with Crippen LogP contribution in [-0.4, -0.2) is 103 Å². The van der Waals surface area contributed by atoms with E-state index < -0.39 is 72.6 Å². The zero-order chi connectivity index (χ0) is 22.7. The molecule has 1 aromatic rings. The maximum absolute atomic E-state index is 10.9. The van der Waals surface area contributed by atoms with Crippen LogP contribution >= 0.6 is 11.8 Å². The second-order valence-electron chi connectivity index (χ2n) is 7.26. The number of nitro groups is 1. The van der Waals surface area contributed by atoms with Crippen LogP contribution in [0.15, 0.2) is 29.2 Å². The van der Waals surface area contributed by atoms with Gasteiger partial charge in [0, 0.05) is 23.4 Å². The minimum absolute atomic E-state index is 0.0337. The van der Waals surface area contributed by atoms with Crippen molar-refractivity contribution in [3.8, 4) is 0 Å². The van der Waals surface area contributed by atoms with Gasteiger partial charge in [-0.15, -0.1) is 0 Å². The zero-order valence-corrected chi connectivity index (χ0v) is 17.0. The molecule has 2 aliphatic rings. The first-order valence-corrected chi connectivity index (χ1v) is 10.4. The molecule has 31 heavy (non-hydrogen) atoms. The van der Waals surface area contributed by atoms with Gasteiger partial charge < -0.3 is 44.8 Å². The first kappa shape index (κ1) is 24.3. The van der Waals surface area contributed by atoms with Crippen LogP contribution in [-0.2, 0) is 14.2 Å². The van der Waals surface area contributed by atoms with Crippen molar-refractivity contribution in [2.45, 2.75) is 65.8 Å². The molecule has 13 heteroatoms. The van der Waals surface area contributed by atoms with Crippen LogP contribution in [0.1, 0.15) is 6.42 Å². The van der Waals surface area contributed by atoms with Crippen molar-refractivity contribution in [1.82, 2.24) is 0 Å². The summed E-state index contributed by atoms with van der Waals surface area (Å²) in [5.74, 6) is 0. The number of thioether (sulfide) groups is 1. The molecular weight excluding hydrogens is 438 g/mol. The Bertz CT molecular complexity index is 753. The van der Waals surface area contributed by atoms with Gasteiger partial charge in [-0.3, -0.25) is 10.1 Å². The van der Waals surface area contributed by atoms with E-state index in [4.69, 9.17) is 14.2 Å². The predicted molar refractivity (Wildman–Crippen MR) is 104 cm³/mol. The Labute approximate surface area is 181 Å². The first-order chi connectivity index (χ1) is 14.7. The van der Waals surface area contributed by atoms with Gasteiger partial charge in [0.25, 0.3) is 5.69 Å². The van der Waals surface area contributed by atoms with Crippen LogP contribution in [0.2, 0.25) is 0 Å². The summed E-state index contributed by atoms with van der Waals surface area (Å²) in [6.07, 6.45) is -10.9. The molecule has 0 spiro atoms. The van der Waals surface area contributed by atoms with Crippen LogP contribution in [0, 0.1) is 10.1 Å². The fourth-order valence-corrected chi connectivity index (χ4v) is 4.61. The number of nitrogens with zero attached hydrogens (tertiary/aromatic N) is 1. The summed E-state index contributed by atoms with van der Waals surface area (Å²) in [5.41, 5.74) is -0.743. The molecule has 2 heterocycles. The third-order valence-corrected chi connectivity index (χ3v) is 6.21. The molecule has 0 saturated carbocycles. The van der Waals surface area contributed by atoms with E-state index in [-0.39, 0.29) is 12.1 Å². The summed E-state index contributed by atoms with van der Waals surface area (Å²) in [4.78, 5) is 10.9. The molecule has 0 amide bonds. The normalized spacial score (nSPS) is 38.7. The summed E-state index contributed by atoms with van der Waals surface area (Å²) in [7, 11) is 0. The summed E-state index contributed by atoms with van der Waals surface area (Å²) < 4.78 is 16.6. The second-order valence-corrected chi connectivity index (χ2v) is 8.49. The number of nitro benzene ring substituents is 1. The molecule has 2 aliphatic heterocycles.